The molecule has 6 nitrogen and oxygen atoms in total. The Balaban J connectivity index is 0.000000192. The van der Waals surface area contributed by atoms with Gasteiger partial charge in [0.2, 0.25) is 0 Å². The largest absolute Gasteiger partial charge is 0.378 e. The average molecular weight is 741 g/mol. The molecular formula is C36H32IrN6-2. The molecule has 0 saturated carbocycles. The number of aromatic nitrogens is 4. The average Bonchev–Trinajstić information content (AvgIpc) is 3.06. The third kappa shape index (κ3) is 8.19. The van der Waals surface area contributed by atoms with E-state index >= 15 is 0 Å². The monoisotopic (exact) mass is 741 g/mol. The number of anilines is 2. The van der Waals surface area contributed by atoms with Crippen molar-refractivity contribution in [1.29, 1.82) is 0 Å². The topological polar surface area (TPSA) is 58.0 Å². The van der Waals surface area contributed by atoms with Crippen molar-refractivity contribution in [3.05, 3.63) is 134 Å². The van der Waals surface area contributed by atoms with Crippen LogP contribution in [-0.2, 0) is 20.1 Å². The molecule has 4 heterocycles. The van der Waals surface area contributed by atoms with Gasteiger partial charge in [0, 0.05) is 89.6 Å². The van der Waals surface area contributed by atoms with Crippen molar-refractivity contribution >= 4 is 11.4 Å². The SMILES string of the molecule is CN(C)c1ccnc(-c2[c-]c(-c3ccccn3)ccc2)c1.CN(C)c1ccnc(-c2cccc(-c3[c-]cccc3)n2)c1.[Ir]. The molecule has 43 heavy (non-hydrogen) atoms. The maximum atomic E-state index is 4.70. The van der Waals surface area contributed by atoms with Crippen molar-refractivity contribution in [2.24, 2.45) is 0 Å². The molecule has 7 heteroatoms. The second kappa shape index (κ2) is 15.0. The van der Waals surface area contributed by atoms with Gasteiger partial charge in [-0.15, -0.1) is 60.2 Å². The van der Waals surface area contributed by atoms with E-state index in [4.69, 9.17) is 4.98 Å². The van der Waals surface area contributed by atoms with Gasteiger partial charge >= 0.3 is 0 Å². The number of hydrogen-bond acceptors (Lipinski definition) is 6. The summed E-state index contributed by atoms with van der Waals surface area (Å²) in [6.07, 6.45) is 5.43. The molecule has 0 spiro atoms. The van der Waals surface area contributed by atoms with Crippen molar-refractivity contribution < 1.29 is 20.1 Å². The molecule has 0 aliphatic carbocycles. The Labute approximate surface area is 267 Å². The zero-order valence-corrected chi connectivity index (χ0v) is 27.0. The van der Waals surface area contributed by atoms with Crippen molar-refractivity contribution in [3.8, 4) is 45.2 Å². The van der Waals surface area contributed by atoms with Crippen LogP contribution in [0.15, 0.2) is 122 Å². The second-order valence-corrected chi connectivity index (χ2v) is 9.96. The van der Waals surface area contributed by atoms with E-state index in [2.05, 4.69) is 43.0 Å². The number of nitrogens with zero attached hydrogens (tertiary/aromatic N) is 6. The molecule has 4 aromatic heterocycles. The van der Waals surface area contributed by atoms with Gasteiger partial charge in [-0.25, -0.2) is 0 Å². The smallest absolute Gasteiger partial charge is 0.0897 e. The summed E-state index contributed by atoms with van der Waals surface area (Å²) in [5, 5.41) is 0. The van der Waals surface area contributed by atoms with Gasteiger partial charge in [0.1, 0.15) is 0 Å². The molecule has 0 aliphatic rings. The van der Waals surface area contributed by atoms with Crippen LogP contribution in [0, 0.1) is 12.1 Å². The van der Waals surface area contributed by atoms with Crippen LogP contribution < -0.4 is 9.80 Å². The molecule has 6 rings (SSSR count). The minimum atomic E-state index is 0. The second-order valence-electron chi connectivity index (χ2n) is 9.96. The quantitative estimate of drug-likeness (QED) is 0.167. The molecule has 1 radical (unpaired) electrons. The molecule has 0 atom stereocenters. The van der Waals surface area contributed by atoms with Crippen LogP contribution in [0.4, 0.5) is 11.4 Å². The Hall–Kier alpha value is -4.71. The minimum Gasteiger partial charge on any atom is -0.378 e. The maximum Gasteiger partial charge on any atom is 0.0897 e. The zero-order chi connectivity index (χ0) is 29.3. The number of benzene rings is 2. The Morgan fingerprint density at radius 2 is 1.05 bits per heavy atom. The van der Waals surface area contributed by atoms with Crippen molar-refractivity contribution in [2.75, 3.05) is 38.0 Å². The Morgan fingerprint density at radius 3 is 1.70 bits per heavy atom. The van der Waals surface area contributed by atoms with E-state index in [0.29, 0.717) is 0 Å². The first-order valence-electron chi connectivity index (χ1n) is 13.6. The van der Waals surface area contributed by atoms with Gasteiger partial charge in [-0.05, 0) is 42.1 Å². The molecule has 2 aromatic carbocycles. The fraction of sp³-hybridized carbons (Fsp3) is 0.111. The molecule has 6 aromatic rings. The van der Waals surface area contributed by atoms with Gasteiger partial charge in [-0.2, -0.15) is 0 Å². The van der Waals surface area contributed by atoms with Gasteiger partial charge < -0.3 is 9.80 Å². The first-order chi connectivity index (χ1) is 20.5. The van der Waals surface area contributed by atoms with Crippen LogP contribution in [0.3, 0.4) is 0 Å². The van der Waals surface area contributed by atoms with Gasteiger partial charge in [-0.1, -0.05) is 35.4 Å². The summed E-state index contributed by atoms with van der Waals surface area (Å²) >= 11 is 0. The molecule has 0 amide bonds. The van der Waals surface area contributed by atoms with E-state index in [1.165, 1.54) is 0 Å². The van der Waals surface area contributed by atoms with Crippen LogP contribution in [0.5, 0.6) is 0 Å². The third-order valence-corrected chi connectivity index (χ3v) is 6.53. The fourth-order valence-corrected chi connectivity index (χ4v) is 4.25. The Bertz CT molecular complexity index is 1610. The Morgan fingerprint density at radius 1 is 0.488 bits per heavy atom. The summed E-state index contributed by atoms with van der Waals surface area (Å²) in [7, 11) is 8.07. The maximum absolute atomic E-state index is 4.70. The molecule has 217 valence electrons. The normalized spacial score (nSPS) is 10.1. The molecule has 0 saturated heterocycles. The predicted octanol–water partition coefficient (Wildman–Crippen LogP) is 7.35. The van der Waals surface area contributed by atoms with E-state index in [1.54, 1.807) is 6.20 Å². The van der Waals surface area contributed by atoms with Crippen LogP contribution in [0.2, 0.25) is 0 Å². The fourth-order valence-electron chi connectivity index (χ4n) is 4.25. The van der Waals surface area contributed by atoms with Crippen molar-refractivity contribution in [2.45, 2.75) is 0 Å². The predicted molar refractivity (Wildman–Crippen MR) is 172 cm³/mol. The first-order valence-corrected chi connectivity index (χ1v) is 13.6. The van der Waals surface area contributed by atoms with Crippen LogP contribution >= 0.6 is 0 Å². The van der Waals surface area contributed by atoms with Gasteiger partial charge in [-0.3, -0.25) is 19.9 Å². The molecule has 0 bridgehead atoms. The van der Waals surface area contributed by atoms with Crippen LogP contribution in [-0.4, -0.2) is 48.1 Å². The summed E-state index contributed by atoms with van der Waals surface area (Å²) in [5.41, 5.74) is 9.66. The summed E-state index contributed by atoms with van der Waals surface area (Å²) in [5.74, 6) is 0. The summed E-state index contributed by atoms with van der Waals surface area (Å²) in [4.78, 5) is 22.1. The van der Waals surface area contributed by atoms with Crippen molar-refractivity contribution in [3.63, 3.8) is 0 Å². The van der Waals surface area contributed by atoms with E-state index in [0.717, 1.165) is 56.5 Å². The van der Waals surface area contributed by atoms with E-state index < -0.39 is 0 Å². The van der Waals surface area contributed by atoms with Crippen LogP contribution in [0.1, 0.15) is 0 Å². The molecular weight excluding hydrogens is 709 g/mol. The number of rotatable bonds is 6. The molecule has 0 fully saturated rings. The number of pyridine rings is 4. The van der Waals surface area contributed by atoms with E-state index in [1.807, 2.05) is 138 Å². The van der Waals surface area contributed by atoms with Crippen molar-refractivity contribution in [1.82, 2.24) is 19.9 Å². The first kappa shape index (κ1) is 31.2. The van der Waals surface area contributed by atoms with E-state index in [-0.39, 0.29) is 20.1 Å². The molecule has 0 N–H and O–H groups in total. The standard InChI is InChI=1S/2C18H16N3.Ir/c1-21(2)16-9-11-20-18(13-16)15-7-5-6-14(12-15)17-8-3-4-10-19-17;1-21(2)15-11-12-19-18(13-15)17-10-6-9-16(20-17)14-7-4-3-5-8-14;/h3-11,13H,1-2H3;3-7,9-13H,1-2H3;/q2*-1;. The summed E-state index contributed by atoms with van der Waals surface area (Å²) in [6.45, 7) is 0. The minimum absolute atomic E-state index is 0. The molecule has 0 aliphatic heterocycles. The number of hydrogen-bond donors (Lipinski definition) is 0. The summed E-state index contributed by atoms with van der Waals surface area (Å²) in [6, 6.07) is 40.4. The zero-order valence-electron chi connectivity index (χ0n) is 24.6. The molecule has 0 unspecified atom stereocenters. The van der Waals surface area contributed by atoms with Gasteiger partial charge in [0.25, 0.3) is 0 Å². The van der Waals surface area contributed by atoms with Crippen LogP contribution in [0.25, 0.3) is 45.2 Å². The third-order valence-electron chi connectivity index (χ3n) is 6.53. The van der Waals surface area contributed by atoms with Gasteiger partial charge in [0.15, 0.2) is 0 Å². The van der Waals surface area contributed by atoms with E-state index in [9.17, 15) is 0 Å². The van der Waals surface area contributed by atoms with Gasteiger partial charge in [0.05, 0.1) is 11.4 Å². The Kier molecular flexibility index (Phi) is 10.9. The summed E-state index contributed by atoms with van der Waals surface area (Å²) < 4.78 is 0.